The Labute approximate surface area is 256 Å². The maximum atomic E-state index is 15.2. The van der Waals surface area contributed by atoms with Crippen LogP contribution in [0.25, 0.3) is 22.3 Å². The van der Waals surface area contributed by atoms with Crippen LogP contribution in [0.5, 0.6) is 0 Å². The summed E-state index contributed by atoms with van der Waals surface area (Å²) in [6, 6.07) is 13.1. The Balaban J connectivity index is 1.22. The molecule has 4 aromatic rings. The fourth-order valence-corrected chi connectivity index (χ4v) is 5.80. The maximum Gasteiger partial charge on any atom is 0.386 e. The Morgan fingerprint density at radius 3 is 1.93 bits per heavy atom. The van der Waals surface area contributed by atoms with Crippen molar-refractivity contribution in [3.63, 3.8) is 0 Å². The fourth-order valence-electron chi connectivity index (χ4n) is 5.80. The molecule has 0 spiro atoms. The van der Waals surface area contributed by atoms with Crippen molar-refractivity contribution >= 4 is 0 Å². The summed E-state index contributed by atoms with van der Waals surface area (Å²) in [6.45, 7) is 1.87. The number of aryl methyl sites for hydroxylation is 1. The third-order valence-electron chi connectivity index (χ3n) is 8.21. The van der Waals surface area contributed by atoms with E-state index in [0.29, 0.717) is 48.9 Å². The molecule has 1 saturated carbocycles. The standard InChI is InChI=1S/C36H30F8O/c1-2-3-4-5-21-6-15-29(32(39)16-21)36(43,44)45-26-11-7-22(8-12-26)23-9-13-27(30(37)17-23)24-10-14-28(31(38)18-24)25-19-33(40)35(42)34(41)20-25/h2-3,6,9-10,13-20,22,26H,4-5,7-8,11-12H2,1H3. The number of allylic oxidation sites excluding steroid dienone is 2. The Morgan fingerprint density at radius 1 is 0.689 bits per heavy atom. The van der Waals surface area contributed by atoms with E-state index in [0.717, 1.165) is 18.2 Å². The van der Waals surface area contributed by atoms with Crippen molar-refractivity contribution in [2.24, 2.45) is 0 Å². The van der Waals surface area contributed by atoms with Crippen LogP contribution in [0.15, 0.2) is 78.9 Å². The highest BCUT2D eigenvalue weighted by Gasteiger charge is 2.40. The monoisotopic (exact) mass is 630 g/mol. The first-order valence-electron chi connectivity index (χ1n) is 14.7. The summed E-state index contributed by atoms with van der Waals surface area (Å²) in [4.78, 5) is 0. The minimum atomic E-state index is -3.80. The highest BCUT2D eigenvalue weighted by Crippen LogP contribution is 2.41. The van der Waals surface area contributed by atoms with Gasteiger partial charge in [-0.15, -0.1) is 0 Å². The molecule has 0 amide bonds. The smallest absolute Gasteiger partial charge is 0.313 e. The highest BCUT2D eigenvalue weighted by atomic mass is 19.3. The largest absolute Gasteiger partial charge is 0.386 e. The summed E-state index contributed by atoms with van der Waals surface area (Å²) in [6.07, 6.45) is 1.80. The summed E-state index contributed by atoms with van der Waals surface area (Å²) in [5, 5.41) is 0. The molecule has 9 heteroatoms. The van der Waals surface area contributed by atoms with Gasteiger partial charge in [0.25, 0.3) is 0 Å². The number of hydrogen-bond donors (Lipinski definition) is 0. The van der Waals surface area contributed by atoms with Gasteiger partial charge < -0.3 is 4.74 Å². The van der Waals surface area contributed by atoms with Crippen molar-refractivity contribution < 1.29 is 39.9 Å². The first-order valence-corrected chi connectivity index (χ1v) is 14.7. The molecular formula is C36H30F8O. The molecule has 0 N–H and O–H groups in total. The van der Waals surface area contributed by atoms with Gasteiger partial charge in [0.2, 0.25) is 0 Å². The lowest BCUT2D eigenvalue weighted by molar-refractivity contribution is -0.278. The summed E-state index contributed by atoms with van der Waals surface area (Å²) in [5.74, 6) is -7.24. The Morgan fingerprint density at radius 2 is 1.31 bits per heavy atom. The topological polar surface area (TPSA) is 9.23 Å². The second-order valence-corrected chi connectivity index (χ2v) is 11.2. The summed E-state index contributed by atoms with van der Waals surface area (Å²) >= 11 is 0. The predicted octanol–water partition coefficient (Wildman–Crippen LogP) is 11.2. The Bertz CT molecular complexity index is 1680. The molecule has 0 unspecified atom stereocenters. The van der Waals surface area contributed by atoms with Gasteiger partial charge in [-0.25, -0.2) is 26.3 Å². The molecule has 0 bridgehead atoms. The van der Waals surface area contributed by atoms with Gasteiger partial charge in [0.05, 0.1) is 11.7 Å². The Hall–Kier alpha value is -3.98. The van der Waals surface area contributed by atoms with Crippen LogP contribution in [0.3, 0.4) is 0 Å². The predicted molar refractivity (Wildman–Crippen MR) is 157 cm³/mol. The number of benzene rings is 4. The van der Waals surface area contributed by atoms with E-state index in [2.05, 4.69) is 0 Å². The molecule has 4 aromatic carbocycles. The summed E-state index contributed by atoms with van der Waals surface area (Å²) in [5.41, 5.74) is 0.339. The van der Waals surface area contributed by atoms with Crippen molar-refractivity contribution in [2.45, 2.75) is 63.6 Å². The number of rotatable bonds is 9. The summed E-state index contributed by atoms with van der Waals surface area (Å²) < 4.78 is 120. The van der Waals surface area contributed by atoms with Crippen molar-refractivity contribution in [1.29, 1.82) is 0 Å². The Kier molecular flexibility index (Phi) is 9.77. The molecule has 0 aromatic heterocycles. The van der Waals surface area contributed by atoms with Gasteiger partial charge in [-0.2, -0.15) is 8.78 Å². The van der Waals surface area contributed by atoms with Gasteiger partial charge in [-0.1, -0.05) is 42.5 Å². The van der Waals surface area contributed by atoms with Crippen molar-refractivity contribution in [1.82, 2.24) is 0 Å². The van der Waals surface area contributed by atoms with E-state index >= 15 is 4.39 Å². The van der Waals surface area contributed by atoms with Crippen LogP contribution in [0.4, 0.5) is 35.1 Å². The minimum absolute atomic E-state index is 0.0900. The van der Waals surface area contributed by atoms with Crippen LogP contribution >= 0.6 is 0 Å². The van der Waals surface area contributed by atoms with Gasteiger partial charge in [0, 0.05) is 11.1 Å². The molecule has 1 aliphatic carbocycles. The van der Waals surface area contributed by atoms with E-state index in [9.17, 15) is 30.7 Å². The van der Waals surface area contributed by atoms with Gasteiger partial charge in [0.15, 0.2) is 17.5 Å². The van der Waals surface area contributed by atoms with Crippen LogP contribution in [0.2, 0.25) is 0 Å². The van der Waals surface area contributed by atoms with Crippen LogP contribution in [0, 0.1) is 34.9 Å². The average molecular weight is 631 g/mol. The second kappa shape index (κ2) is 13.6. The zero-order valence-corrected chi connectivity index (χ0v) is 24.3. The van der Waals surface area contributed by atoms with Crippen LogP contribution in [0.1, 0.15) is 61.6 Å². The number of alkyl halides is 2. The zero-order valence-electron chi connectivity index (χ0n) is 24.3. The lowest BCUT2D eigenvalue weighted by atomic mass is 9.82. The zero-order chi connectivity index (χ0) is 32.3. The van der Waals surface area contributed by atoms with E-state index in [1.54, 1.807) is 6.07 Å². The van der Waals surface area contributed by atoms with Gasteiger partial charge in [-0.3, -0.25) is 0 Å². The molecule has 0 aliphatic heterocycles. The molecule has 0 heterocycles. The van der Waals surface area contributed by atoms with Gasteiger partial charge in [-0.05, 0) is 110 Å². The third kappa shape index (κ3) is 7.30. The third-order valence-corrected chi connectivity index (χ3v) is 8.21. The quantitative estimate of drug-likeness (QED) is 0.102. The number of ether oxygens (including phenoxy) is 1. The van der Waals surface area contributed by atoms with Gasteiger partial charge in [0.1, 0.15) is 17.5 Å². The lowest BCUT2D eigenvalue weighted by Crippen LogP contribution is -2.30. The molecule has 0 atom stereocenters. The molecule has 0 radical (unpaired) electrons. The van der Waals surface area contributed by atoms with Crippen molar-refractivity contribution in [3.05, 3.63) is 130 Å². The van der Waals surface area contributed by atoms with Crippen LogP contribution < -0.4 is 0 Å². The summed E-state index contributed by atoms with van der Waals surface area (Å²) in [7, 11) is 0. The average Bonchev–Trinajstić information content (AvgIpc) is 3.00. The van der Waals surface area contributed by atoms with Crippen LogP contribution in [-0.2, 0) is 17.3 Å². The first kappa shape index (κ1) is 32.4. The molecular weight excluding hydrogens is 600 g/mol. The van der Waals surface area contributed by atoms with E-state index in [1.807, 2.05) is 19.1 Å². The SMILES string of the molecule is CC=CCCc1ccc(C(F)(F)OC2CCC(c3ccc(-c4ccc(-c5cc(F)c(F)c(F)c5)c(F)c4)c(F)c3)CC2)c(F)c1. The lowest BCUT2D eigenvalue weighted by Gasteiger charge is -2.31. The number of hydrogen-bond acceptors (Lipinski definition) is 1. The molecule has 45 heavy (non-hydrogen) atoms. The van der Waals surface area contributed by atoms with E-state index < -0.39 is 52.7 Å². The molecule has 1 nitrogen and oxygen atoms in total. The maximum absolute atomic E-state index is 15.2. The normalized spacial score (nSPS) is 17.3. The first-order chi connectivity index (χ1) is 21.5. The number of halogens is 8. The van der Waals surface area contributed by atoms with Gasteiger partial charge >= 0.3 is 6.11 Å². The van der Waals surface area contributed by atoms with E-state index in [4.69, 9.17) is 4.74 Å². The van der Waals surface area contributed by atoms with Crippen LogP contribution in [-0.4, -0.2) is 6.10 Å². The molecule has 236 valence electrons. The molecule has 5 rings (SSSR count). The molecule has 1 aliphatic rings. The molecule has 0 saturated heterocycles. The van der Waals surface area contributed by atoms with E-state index in [1.165, 1.54) is 30.3 Å². The second-order valence-electron chi connectivity index (χ2n) is 11.2. The van der Waals surface area contributed by atoms with Crippen molar-refractivity contribution in [2.75, 3.05) is 0 Å². The highest BCUT2D eigenvalue weighted by molar-refractivity contribution is 5.71. The fraction of sp³-hybridized carbons (Fsp3) is 0.278. The molecule has 1 fully saturated rings. The minimum Gasteiger partial charge on any atom is -0.313 e. The van der Waals surface area contributed by atoms with Crippen molar-refractivity contribution in [3.8, 4) is 22.3 Å². The van der Waals surface area contributed by atoms with E-state index in [-0.39, 0.29) is 41.0 Å².